The number of benzene rings is 2. The van der Waals surface area contributed by atoms with Crippen molar-refractivity contribution in [3.63, 3.8) is 0 Å². The van der Waals surface area contributed by atoms with E-state index in [4.69, 9.17) is 9.72 Å². The zero-order chi connectivity index (χ0) is 15.6. The summed E-state index contributed by atoms with van der Waals surface area (Å²) < 4.78 is 5.35. The summed E-state index contributed by atoms with van der Waals surface area (Å²) in [6.07, 6.45) is 3.88. The van der Waals surface area contributed by atoms with Crippen LogP contribution in [0, 0.1) is 0 Å². The number of hydrogen-bond donors (Lipinski definition) is 0. The van der Waals surface area contributed by atoms with Gasteiger partial charge >= 0.3 is 0 Å². The molecule has 0 saturated carbocycles. The average molecular weight is 320 g/mol. The average Bonchev–Trinajstić information content (AvgIpc) is 3.04. The minimum Gasteiger partial charge on any atom is -0.496 e. The predicted octanol–water partition coefficient (Wildman–Crippen LogP) is 4.67. The highest BCUT2D eigenvalue weighted by molar-refractivity contribution is 7.18. The van der Waals surface area contributed by atoms with Crippen LogP contribution in [0.5, 0.6) is 5.75 Å². The SMILES string of the molecule is COc1ccccc1C=Nc1nc2c(s1)-c1ccccc1CC2. The number of aliphatic imine (C=N–C) groups is 1. The highest BCUT2D eigenvalue weighted by Crippen LogP contribution is 2.40. The minimum absolute atomic E-state index is 0.803. The van der Waals surface area contributed by atoms with Gasteiger partial charge in [0, 0.05) is 11.8 Å². The summed E-state index contributed by atoms with van der Waals surface area (Å²) in [5, 5.41) is 0.803. The number of nitrogens with zero attached hydrogens (tertiary/aromatic N) is 2. The molecule has 0 spiro atoms. The number of hydrogen-bond acceptors (Lipinski definition) is 4. The number of ether oxygens (including phenoxy) is 1. The molecule has 3 aromatic rings. The fourth-order valence-electron chi connectivity index (χ4n) is 2.89. The van der Waals surface area contributed by atoms with E-state index in [0.29, 0.717) is 0 Å². The quantitative estimate of drug-likeness (QED) is 0.657. The topological polar surface area (TPSA) is 34.5 Å². The van der Waals surface area contributed by atoms with Crippen LogP contribution < -0.4 is 4.74 Å². The second-order valence-electron chi connectivity index (χ2n) is 5.43. The molecular formula is C19H16N2OS. The van der Waals surface area contributed by atoms with Gasteiger partial charge in [0.2, 0.25) is 5.13 Å². The third kappa shape index (κ3) is 2.66. The van der Waals surface area contributed by atoms with Gasteiger partial charge in [0.05, 0.1) is 17.7 Å². The lowest BCUT2D eigenvalue weighted by Crippen LogP contribution is -2.01. The van der Waals surface area contributed by atoms with Gasteiger partial charge in [-0.3, -0.25) is 0 Å². The van der Waals surface area contributed by atoms with E-state index in [9.17, 15) is 0 Å². The molecule has 0 atom stereocenters. The van der Waals surface area contributed by atoms with Gasteiger partial charge in [-0.2, -0.15) is 0 Å². The maximum atomic E-state index is 5.35. The van der Waals surface area contributed by atoms with Crippen LogP contribution in [-0.4, -0.2) is 18.3 Å². The van der Waals surface area contributed by atoms with E-state index >= 15 is 0 Å². The Morgan fingerprint density at radius 1 is 1.09 bits per heavy atom. The van der Waals surface area contributed by atoms with Crippen molar-refractivity contribution in [2.24, 2.45) is 4.99 Å². The van der Waals surface area contributed by atoms with Crippen LogP contribution in [0.25, 0.3) is 10.4 Å². The first kappa shape index (κ1) is 14.2. The molecule has 4 heteroatoms. The van der Waals surface area contributed by atoms with Crippen LogP contribution >= 0.6 is 11.3 Å². The van der Waals surface area contributed by atoms with Gasteiger partial charge in [0.25, 0.3) is 0 Å². The summed E-state index contributed by atoms with van der Waals surface area (Å²) in [5.74, 6) is 0.822. The first-order valence-corrected chi connectivity index (χ1v) is 8.42. The summed E-state index contributed by atoms with van der Waals surface area (Å²) in [6, 6.07) is 16.4. The van der Waals surface area contributed by atoms with Crippen molar-refractivity contribution < 1.29 is 4.74 Å². The fourth-order valence-corrected chi connectivity index (χ4v) is 3.90. The maximum absolute atomic E-state index is 5.35. The van der Waals surface area contributed by atoms with E-state index in [1.54, 1.807) is 18.4 Å². The number of methoxy groups -OCH3 is 1. The monoisotopic (exact) mass is 320 g/mol. The van der Waals surface area contributed by atoms with Crippen LogP contribution in [0.3, 0.4) is 0 Å². The summed E-state index contributed by atoms with van der Waals surface area (Å²) >= 11 is 1.66. The lowest BCUT2D eigenvalue weighted by molar-refractivity contribution is 0.414. The molecule has 0 amide bonds. The zero-order valence-electron chi connectivity index (χ0n) is 12.8. The molecule has 1 aliphatic rings. The number of thiazole rings is 1. The minimum atomic E-state index is 0.803. The van der Waals surface area contributed by atoms with Crippen LogP contribution in [-0.2, 0) is 12.8 Å². The van der Waals surface area contributed by atoms with Gasteiger partial charge in [-0.1, -0.05) is 47.7 Å². The fraction of sp³-hybridized carbons (Fsp3) is 0.158. The molecular weight excluding hydrogens is 304 g/mol. The molecule has 0 N–H and O–H groups in total. The Morgan fingerprint density at radius 2 is 1.91 bits per heavy atom. The van der Waals surface area contributed by atoms with Crippen LogP contribution in [0.4, 0.5) is 5.13 Å². The lowest BCUT2D eigenvalue weighted by Gasteiger charge is -2.13. The number of fused-ring (bicyclic) bond motifs is 3. The van der Waals surface area contributed by atoms with E-state index in [2.05, 4.69) is 29.3 Å². The molecule has 0 radical (unpaired) electrons. The molecule has 0 aliphatic heterocycles. The number of aryl methyl sites for hydroxylation is 2. The first-order valence-electron chi connectivity index (χ1n) is 7.60. The zero-order valence-corrected chi connectivity index (χ0v) is 13.6. The summed E-state index contributed by atoms with van der Waals surface area (Å²) in [6.45, 7) is 0. The van der Waals surface area contributed by atoms with Gasteiger partial charge in [-0.15, -0.1) is 0 Å². The Bertz CT molecular complexity index is 883. The maximum Gasteiger partial charge on any atom is 0.209 e. The predicted molar refractivity (Wildman–Crippen MR) is 95.2 cm³/mol. The molecule has 2 aromatic carbocycles. The van der Waals surface area contributed by atoms with Crippen molar-refractivity contribution >= 4 is 22.7 Å². The van der Waals surface area contributed by atoms with E-state index < -0.39 is 0 Å². The van der Waals surface area contributed by atoms with E-state index in [-0.39, 0.29) is 0 Å². The largest absolute Gasteiger partial charge is 0.496 e. The molecule has 3 nitrogen and oxygen atoms in total. The van der Waals surface area contributed by atoms with E-state index in [0.717, 1.165) is 29.3 Å². The molecule has 1 aliphatic carbocycles. The van der Waals surface area contributed by atoms with Crippen molar-refractivity contribution in [1.82, 2.24) is 4.98 Å². The standard InChI is InChI=1S/C19H16N2OS/c1-22-17-9-5-3-7-14(17)12-20-19-21-16-11-10-13-6-2-4-8-15(13)18(16)23-19/h2-9,12H,10-11H2,1H3. The summed E-state index contributed by atoms with van der Waals surface area (Å²) in [4.78, 5) is 10.5. The van der Waals surface area contributed by atoms with Gasteiger partial charge in [0.15, 0.2) is 0 Å². The molecule has 0 fully saturated rings. The molecule has 4 rings (SSSR count). The lowest BCUT2D eigenvalue weighted by atomic mass is 9.94. The molecule has 114 valence electrons. The first-order chi connectivity index (χ1) is 11.3. The summed E-state index contributed by atoms with van der Waals surface area (Å²) in [5.41, 5.74) is 4.85. The molecule has 23 heavy (non-hydrogen) atoms. The second-order valence-corrected chi connectivity index (χ2v) is 6.41. The molecule has 1 heterocycles. The smallest absolute Gasteiger partial charge is 0.209 e. The molecule has 0 unspecified atom stereocenters. The second kappa shape index (κ2) is 5.97. The number of para-hydroxylation sites is 1. The molecule has 1 aromatic heterocycles. The van der Waals surface area contributed by atoms with Crippen molar-refractivity contribution in [3.8, 4) is 16.2 Å². The van der Waals surface area contributed by atoms with Crippen LogP contribution in [0.15, 0.2) is 53.5 Å². The van der Waals surface area contributed by atoms with Crippen molar-refractivity contribution in [2.45, 2.75) is 12.8 Å². The normalized spacial score (nSPS) is 12.9. The van der Waals surface area contributed by atoms with Crippen molar-refractivity contribution in [2.75, 3.05) is 7.11 Å². The number of rotatable bonds is 3. The third-order valence-corrected chi connectivity index (χ3v) is 5.07. The Hall–Kier alpha value is -2.46. The third-order valence-electron chi connectivity index (χ3n) is 4.03. The molecule has 0 saturated heterocycles. The highest BCUT2D eigenvalue weighted by Gasteiger charge is 2.19. The van der Waals surface area contributed by atoms with E-state index in [1.165, 1.54) is 21.7 Å². The Balaban J connectivity index is 1.68. The Kier molecular flexibility index (Phi) is 3.67. The van der Waals surface area contributed by atoms with E-state index in [1.807, 2.05) is 30.5 Å². The summed E-state index contributed by atoms with van der Waals surface area (Å²) in [7, 11) is 1.67. The number of aromatic nitrogens is 1. The highest BCUT2D eigenvalue weighted by atomic mass is 32.1. The van der Waals surface area contributed by atoms with Crippen LogP contribution in [0.2, 0.25) is 0 Å². The van der Waals surface area contributed by atoms with Gasteiger partial charge in [-0.25, -0.2) is 9.98 Å². The Labute approximate surface area is 139 Å². The Morgan fingerprint density at radius 3 is 2.83 bits per heavy atom. The van der Waals surface area contributed by atoms with Gasteiger partial charge in [0.1, 0.15) is 5.75 Å². The van der Waals surface area contributed by atoms with Crippen molar-refractivity contribution in [3.05, 3.63) is 65.4 Å². The van der Waals surface area contributed by atoms with Crippen molar-refractivity contribution in [1.29, 1.82) is 0 Å². The molecule has 0 bridgehead atoms. The van der Waals surface area contributed by atoms with Gasteiger partial charge < -0.3 is 4.74 Å². The van der Waals surface area contributed by atoms with Gasteiger partial charge in [-0.05, 0) is 36.1 Å². The van der Waals surface area contributed by atoms with Crippen LogP contribution in [0.1, 0.15) is 16.8 Å².